The lowest BCUT2D eigenvalue weighted by Gasteiger charge is -2.12. The Morgan fingerprint density at radius 1 is 1.32 bits per heavy atom. The van der Waals surface area contributed by atoms with Crippen molar-refractivity contribution < 1.29 is 14.4 Å². The lowest BCUT2D eigenvalue weighted by atomic mass is 9.92. The number of rotatable bonds is 2. The van der Waals surface area contributed by atoms with Crippen molar-refractivity contribution in [2.24, 2.45) is 11.1 Å². The van der Waals surface area contributed by atoms with E-state index >= 15 is 0 Å². The smallest absolute Gasteiger partial charge is 0.199 e. The highest BCUT2D eigenvalue weighted by molar-refractivity contribution is 6.41. The Hall–Kier alpha value is -1.52. The lowest BCUT2D eigenvalue weighted by molar-refractivity contribution is -0.117. The molecule has 2 unspecified atom stereocenters. The minimum Gasteiger partial charge on any atom is -0.497 e. The first-order valence-corrected chi connectivity index (χ1v) is 6.36. The molecule has 0 amide bonds. The van der Waals surface area contributed by atoms with Gasteiger partial charge in [0, 0.05) is 11.6 Å². The topological polar surface area (TPSA) is 47.9 Å². The molecule has 1 aromatic rings. The van der Waals surface area contributed by atoms with Crippen LogP contribution < -0.4 is 0 Å². The molecule has 0 saturated heterocycles. The van der Waals surface area contributed by atoms with Crippen molar-refractivity contribution in [2.75, 3.05) is 7.11 Å². The first kappa shape index (κ1) is 12.5. The van der Waals surface area contributed by atoms with Crippen molar-refractivity contribution in [1.29, 1.82) is 0 Å². The predicted molar refractivity (Wildman–Crippen MR) is 71.5 cm³/mol. The molecule has 6 heteroatoms. The van der Waals surface area contributed by atoms with E-state index in [9.17, 15) is 4.79 Å². The number of benzene rings is 1. The summed E-state index contributed by atoms with van der Waals surface area (Å²) in [5.41, 5.74) is 0.992. The number of hydrogen-bond acceptors (Lipinski definition) is 4. The van der Waals surface area contributed by atoms with Gasteiger partial charge in [0.05, 0.1) is 17.2 Å². The van der Waals surface area contributed by atoms with Crippen molar-refractivity contribution >= 4 is 34.7 Å². The summed E-state index contributed by atoms with van der Waals surface area (Å²) in [5.74, 6) is -0.182. The number of ether oxygens (including phenoxy) is 1. The van der Waals surface area contributed by atoms with Gasteiger partial charge in [-0.2, -0.15) is 0 Å². The van der Waals surface area contributed by atoms with Gasteiger partial charge in [0.25, 0.3) is 0 Å². The highest BCUT2D eigenvalue weighted by atomic mass is 35.5. The maximum atomic E-state index is 12.0. The summed E-state index contributed by atoms with van der Waals surface area (Å²) in [6, 6.07) is 5.13. The Balaban J connectivity index is 2.04. The molecule has 98 valence electrons. The molecular formula is C13H9Cl2NO3. The van der Waals surface area contributed by atoms with Crippen LogP contribution in [-0.2, 0) is 14.4 Å². The molecule has 0 fully saturated rings. The standard InChI is InChI=1S/C13H9Cl2NO3/c1-18-9-5-8(17)11-12(16-19-13(9)11)10-6(14)3-2-4-7(10)15/h2-5,11,13H,1H3. The highest BCUT2D eigenvalue weighted by Gasteiger charge is 2.48. The number of carbonyl (C=O) groups is 1. The molecule has 1 aliphatic carbocycles. The minimum atomic E-state index is -0.535. The van der Waals surface area contributed by atoms with E-state index in [1.165, 1.54) is 13.2 Å². The zero-order valence-corrected chi connectivity index (χ0v) is 11.4. The number of carbonyl (C=O) groups excluding carboxylic acids is 1. The second kappa shape index (κ2) is 4.54. The van der Waals surface area contributed by atoms with Gasteiger partial charge in [-0.15, -0.1) is 0 Å². The van der Waals surface area contributed by atoms with Gasteiger partial charge >= 0.3 is 0 Å². The summed E-state index contributed by atoms with van der Waals surface area (Å²) in [6.45, 7) is 0. The van der Waals surface area contributed by atoms with Crippen LogP contribution in [0.4, 0.5) is 0 Å². The van der Waals surface area contributed by atoms with Crippen LogP contribution in [0.3, 0.4) is 0 Å². The predicted octanol–water partition coefficient (Wildman–Crippen LogP) is 2.83. The summed E-state index contributed by atoms with van der Waals surface area (Å²) in [4.78, 5) is 17.3. The number of hydrogen-bond donors (Lipinski definition) is 0. The van der Waals surface area contributed by atoms with E-state index in [1.54, 1.807) is 18.2 Å². The molecule has 0 bridgehead atoms. The zero-order chi connectivity index (χ0) is 13.6. The molecule has 0 aromatic heterocycles. The number of methoxy groups -OCH3 is 1. The largest absolute Gasteiger partial charge is 0.497 e. The van der Waals surface area contributed by atoms with Crippen LogP contribution in [0, 0.1) is 5.92 Å². The first-order valence-electron chi connectivity index (χ1n) is 5.61. The fraction of sp³-hybridized carbons (Fsp3) is 0.231. The normalized spacial score (nSPS) is 24.7. The molecule has 2 aliphatic rings. The number of halogens is 2. The fourth-order valence-electron chi connectivity index (χ4n) is 2.31. The molecule has 1 heterocycles. The maximum absolute atomic E-state index is 12.0. The molecule has 0 saturated carbocycles. The summed E-state index contributed by atoms with van der Waals surface area (Å²) < 4.78 is 5.12. The Labute approximate surface area is 119 Å². The van der Waals surface area contributed by atoms with Crippen LogP contribution in [0.5, 0.6) is 0 Å². The fourth-order valence-corrected chi connectivity index (χ4v) is 2.90. The lowest BCUT2D eigenvalue weighted by Crippen LogP contribution is -2.27. The summed E-state index contributed by atoms with van der Waals surface area (Å²) in [6.07, 6.45) is 0.911. The molecule has 0 N–H and O–H groups in total. The molecule has 19 heavy (non-hydrogen) atoms. The zero-order valence-electron chi connectivity index (χ0n) is 9.89. The molecule has 3 rings (SSSR count). The van der Waals surface area contributed by atoms with Gasteiger partial charge in [0.1, 0.15) is 17.4 Å². The van der Waals surface area contributed by atoms with Crippen molar-refractivity contribution in [3.63, 3.8) is 0 Å². The molecule has 0 spiro atoms. The molecule has 0 radical (unpaired) electrons. The van der Waals surface area contributed by atoms with Gasteiger partial charge < -0.3 is 9.57 Å². The SMILES string of the molecule is COC1=CC(=O)C2C(c3c(Cl)cccc3Cl)=NOC12. The van der Waals surface area contributed by atoms with Crippen LogP contribution >= 0.6 is 23.2 Å². The van der Waals surface area contributed by atoms with E-state index in [1.807, 2.05) is 0 Å². The average molecular weight is 298 g/mol. The van der Waals surface area contributed by atoms with E-state index in [0.29, 0.717) is 27.1 Å². The summed E-state index contributed by atoms with van der Waals surface area (Å²) in [5, 5.41) is 4.84. The Morgan fingerprint density at radius 2 is 2.00 bits per heavy atom. The van der Waals surface area contributed by atoms with E-state index in [0.717, 1.165) is 0 Å². The van der Waals surface area contributed by atoms with Crippen molar-refractivity contribution in [2.45, 2.75) is 6.10 Å². The molecule has 4 nitrogen and oxygen atoms in total. The van der Waals surface area contributed by atoms with Crippen LogP contribution in [0.15, 0.2) is 35.2 Å². The summed E-state index contributed by atoms with van der Waals surface area (Å²) in [7, 11) is 1.49. The van der Waals surface area contributed by atoms with Crippen LogP contribution in [-0.4, -0.2) is 24.7 Å². The maximum Gasteiger partial charge on any atom is 0.199 e. The molecule has 2 atom stereocenters. The monoisotopic (exact) mass is 297 g/mol. The van der Waals surface area contributed by atoms with Crippen LogP contribution in [0.1, 0.15) is 5.56 Å². The number of allylic oxidation sites excluding steroid dienone is 1. The number of fused-ring (bicyclic) bond motifs is 1. The quantitative estimate of drug-likeness (QED) is 0.843. The average Bonchev–Trinajstić information content (AvgIpc) is 2.92. The molecular weight excluding hydrogens is 289 g/mol. The third-order valence-electron chi connectivity index (χ3n) is 3.19. The second-order valence-electron chi connectivity index (χ2n) is 4.23. The van der Waals surface area contributed by atoms with Gasteiger partial charge in [-0.25, -0.2) is 0 Å². The Kier molecular flexibility index (Phi) is 2.99. The van der Waals surface area contributed by atoms with Gasteiger partial charge in [-0.05, 0) is 12.1 Å². The summed E-state index contributed by atoms with van der Waals surface area (Å²) >= 11 is 12.3. The third-order valence-corrected chi connectivity index (χ3v) is 3.82. The third kappa shape index (κ3) is 1.83. The van der Waals surface area contributed by atoms with Gasteiger partial charge in [0.15, 0.2) is 11.9 Å². The molecule has 1 aliphatic heterocycles. The van der Waals surface area contributed by atoms with E-state index in [4.69, 9.17) is 32.8 Å². The number of ketones is 1. The van der Waals surface area contributed by atoms with Crippen molar-refractivity contribution in [1.82, 2.24) is 0 Å². The second-order valence-corrected chi connectivity index (χ2v) is 5.04. The van der Waals surface area contributed by atoms with E-state index < -0.39 is 12.0 Å². The van der Waals surface area contributed by atoms with E-state index in [2.05, 4.69) is 5.16 Å². The van der Waals surface area contributed by atoms with Gasteiger partial charge in [0.2, 0.25) is 0 Å². The Morgan fingerprint density at radius 3 is 2.63 bits per heavy atom. The van der Waals surface area contributed by atoms with Crippen LogP contribution in [0.25, 0.3) is 0 Å². The van der Waals surface area contributed by atoms with E-state index in [-0.39, 0.29) is 5.78 Å². The van der Waals surface area contributed by atoms with Gasteiger partial charge in [-0.1, -0.05) is 34.4 Å². The Bertz CT molecular complexity index is 604. The first-order chi connectivity index (χ1) is 9.13. The van der Waals surface area contributed by atoms with Crippen molar-refractivity contribution in [3.8, 4) is 0 Å². The minimum absolute atomic E-state index is 0.117. The number of nitrogens with zero attached hydrogens (tertiary/aromatic N) is 1. The van der Waals surface area contributed by atoms with Crippen LogP contribution in [0.2, 0.25) is 10.0 Å². The highest BCUT2D eigenvalue weighted by Crippen LogP contribution is 2.38. The van der Waals surface area contributed by atoms with Crippen molar-refractivity contribution in [3.05, 3.63) is 45.6 Å². The molecule has 1 aromatic carbocycles. The van der Waals surface area contributed by atoms with Gasteiger partial charge in [-0.3, -0.25) is 4.79 Å². The number of oxime groups is 1.